The summed E-state index contributed by atoms with van der Waals surface area (Å²) in [7, 11) is 0. The molecule has 4 atom stereocenters. The van der Waals surface area contributed by atoms with Crippen molar-refractivity contribution in [2.45, 2.75) is 58.9 Å². The molecular weight excluding hydrogens is 324 g/mol. The van der Waals surface area contributed by atoms with Crippen molar-refractivity contribution in [2.24, 2.45) is 17.8 Å². The van der Waals surface area contributed by atoms with Gasteiger partial charge in [-0.15, -0.1) is 0 Å². The van der Waals surface area contributed by atoms with Gasteiger partial charge in [-0.2, -0.15) is 0 Å². The van der Waals surface area contributed by atoms with E-state index in [1.807, 2.05) is 4.90 Å². The largest absolute Gasteiger partial charge is 0.353 e. The molecule has 0 radical (unpaired) electrons. The molecule has 2 fully saturated rings. The molecule has 1 aromatic rings. The average Bonchev–Trinajstić information content (AvgIpc) is 2.99. The van der Waals surface area contributed by atoms with E-state index in [0.29, 0.717) is 31.3 Å². The van der Waals surface area contributed by atoms with Gasteiger partial charge in [-0.05, 0) is 37.2 Å². The molecule has 0 bridgehead atoms. The number of carbonyl (C=O) groups excluding carboxylic acids is 2. The lowest BCUT2D eigenvalue weighted by Gasteiger charge is -2.35. The second-order valence-corrected chi connectivity index (χ2v) is 8.36. The van der Waals surface area contributed by atoms with Gasteiger partial charge in [-0.3, -0.25) is 9.59 Å². The van der Waals surface area contributed by atoms with E-state index in [9.17, 15) is 9.59 Å². The van der Waals surface area contributed by atoms with Gasteiger partial charge in [0.2, 0.25) is 11.8 Å². The summed E-state index contributed by atoms with van der Waals surface area (Å²) >= 11 is 0. The first-order valence-corrected chi connectivity index (χ1v) is 10.1. The van der Waals surface area contributed by atoms with Crippen molar-refractivity contribution < 1.29 is 9.59 Å². The topological polar surface area (TPSA) is 49.4 Å². The number of likely N-dealkylation sites (tertiary alicyclic amines) is 1. The standard InChI is InChI=1S/C22H32N2O2/c1-15-7-9-18(10-8-15)11-12-24-14-19(13-21(24)25)22(26)23-20-6-4-5-16(2)17(20)3/h7-10,16-17,19-20H,4-6,11-14H2,1-3H3,(H,23,26)/t16-,17-,19-,20-/m1/s1. The van der Waals surface area contributed by atoms with Gasteiger partial charge in [0.15, 0.2) is 0 Å². The van der Waals surface area contributed by atoms with E-state index in [4.69, 9.17) is 0 Å². The van der Waals surface area contributed by atoms with Crippen LogP contribution in [-0.4, -0.2) is 35.8 Å². The molecule has 0 aromatic heterocycles. The zero-order valence-corrected chi connectivity index (χ0v) is 16.3. The van der Waals surface area contributed by atoms with E-state index in [2.05, 4.69) is 50.4 Å². The Bertz CT molecular complexity index is 640. The summed E-state index contributed by atoms with van der Waals surface area (Å²) < 4.78 is 0. The van der Waals surface area contributed by atoms with Crippen LogP contribution in [0.4, 0.5) is 0 Å². The third kappa shape index (κ3) is 4.46. The Kier molecular flexibility index (Phi) is 6.00. The van der Waals surface area contributed by atoms with Crippen LogP contribution in [0.1, 0.15) is 50.7 Å². The zero-order valence-electron chi connectivity index (χ0n) is 16.3. The van der Waals surface area contributed by atoms with Crippen LogP contribution in [0, 0.1) is 24.7 Å². The van der Waals surface area contributed by atoms with Crippen molar-refractivity contribution in [1.82, 2.24) is 10.2 Å². The van der Waals surface area contributed by atoms with Gasteiger partial charge >= 0.3 is 0 Å². The van der Waals surface area contributed by atoms with Crippen molar-refractivity contribution in [2.75, 3.05) is 13.1 Å². The van der Waals surface area contributed by atoms with Crippen LogP contribution >= 0.6 is 0 Å². The molecule has 1 aliphatic heterocycles. The number of amides is 2. The van der Waals surface area contributed by atoms with Crippen molar-refractivity contribution in [1.29, 1.82) is 0 Å². The monoisotopic (exact) mass is 356 g/mol. The lowest BCUT2D eigenvalue weighted by molar-refractivity contribution is -0.129. The summed E-state index contributed by atoms with van der Waals surface area (Å²) in [6.45, 7) is 7.85. The predicted molar refractivity (Wildman–Crippen MR) is 104 cm³/mol. The number of benzene rings is 1. The minimum absolute atomic E-state index is 0.0714. The van der Waals surface area contributed by atoms with Crippen molar-refractivity contribution in [3.8, 4) is 0 Å². The Balaban J connectivity index is 1.50. The minimum atomic E-state index is -0.190. The molecule has 3 rings (SSSR count). The van der Waals surface area contributed by atoms with Crippen molar-refractivity contribution in [3.63, 3.8) is 0 Å². The van der Waals surface area contributed by atoms with Gasteiger partial charge in [0.1, 0.15) is 0 Å². The molecule has 1 N–H and O–H groups in total. The summed E-state index contributed by atoms with van der Waals surface area (Å²) in [6, 6.07) is 8.70. The molecule has 4 nitrogen and oxygen atoms in total. The van der Waals surface area contributed by atoms with E-state index in [1.54, 1.807) is 0 Å². The van der Waals surface area contributed by atoms with Crippen molar-refractivity contribution >= 4 is 11.8 Å². The highest BCUT2D eigenvalue weighted by Crippen LogP contribution is 2.30. The molecule has 1 saturated heterocycles. The lowest BCUT2D eigenvalue weighted by atomic mass is 9.78. The Hall–Kier alpha value is -1.84. The van der Waals surface area contributed by atoms with E-state index in [1.165, 1.54) is 24.0 Å². The second kappa shape index (κ2) is 8.24. The van der Waals surface area contributed by atoms with E-state index in [0.717, 1.165) is 12.8 Å². The quantitative estimate of drug-likeness (QED) is 0.880. The normalized spacial score (nSPS) is 29.0. The second-order valence-electron chi connectivity index (χ2n) is 8.36. The Morgan fingerprint density at radius 3 is 2.65 bits per heavy atom. The third-order valence-electron chi connectivity index (χ3n) is 6.41. The smallest absolute Gasteiger partial charge is 0.225 e. The number of hydrogen-bond donors (Lipinski definition) is 1. The fourth-order valence-electron chi connectivity index (χ4n) is 4.27. The summed E-state index contributed by atoms with van der Waals surface area (Å²) in [5.74, 6) is 1.17. The molecular formula is C22H32N2O2. The van der Waals surface area contributed by atoms with Crippen LogP contribution in [0.2, 0.25) is 0 Å². The van der Waals surface area contributed by atoms with Crippen LogP contribution < -0.4 is 5.32 Å². The molecule has 26 heavy (non-hydrogen) atoms. The van der Waals surface area contributed by atoms with Gasteiger partial charge in [-0.25, -0.2) is 0 Å². The highest BCUT2D eigenvalue weighted by molar-refractivity contribution is 5.89. The van der Waals surface area contributed by atoms with Crippen molar-refractivity contribution in [3.05, 3.63) is 35.4 Å². The van der Waals surface area contributed by atoms with E-state index >= 15 is 0 Å². The van der Waals surface area contributed by atoms with Gasteiger partial charge in [0, 0.05) is 25.6 Å². The lowest BCUT2D eigenvalue weighted by Crippen LogP contribution is -2.46. The molecule has 0 unspecified atom stereocenters. The highest BCUT2D eigenvalue weighted by Gasteiger charge is 2.36. The first-order valence-electron chi connectivity index (χ1n) is 10.1. The van der Waals surface area contributed by atoms with Gasteiger partial charge in [0.05, 0.1) is 5.92 Å². The molecule has 1 saturated carbocycles. The SMILES string of the molecule is Cc1ccc(CCN2C[C@H](C(=O)N[C@@H]3CCC[C@@H](C)[C@H]3C)CC2=O)cc1. The molecule has 142 valence electrons. The summed E-state index contributed by atoms with van der Waals surface area (Å²) in [6.07, 6.45) is 4.70. The molecule has 0 spiro atoms. The highest BCUT2D eigenvalue weighted by atomic mass is 16.2. The third-order valence-corrected chi connectivity index (χ3v) is 6.41. The summed E-state index contributed by atoms with van der Waals surface area (Å²) in [5, 5.41) is 3.24. The number of nitrogens with zero attached hydrogens (tertiary/aromatic N) is 1. The fourth-order valence-corrected chi connectivity index (χ4v) is 4.27. The first-order chi connectivity index (χ1) is 12.4. The summed E-state index contributed by atoms with van der Waals surface area (Å²) in [5.41, 5.74) is 2.48. The van der Waals surface area contributed by atoms with Crippen LogP contribution in [0.5, 0.6) is 0 Å². The Morgan fingerprint density at radius 2 is 1.92 bits per heavy atom. The molecule has 1 heterocycles. The maximum Gasteiger partial charge on any atom is 0.225 e. The summed E-state index contributed by atoms with van der Waals surface area (Å²) in [4.78, 5) is 26.9. The molecule has 1 aliphatic carbocycles. The van der Waals surface area contributed by atoms with Gasteiger partial charge in [-0.1, -0.05) is 56.5 Å². The van der Waals surface area contributed by atoms with E-state index in [-0.39, 0.29) is 23.8 Å². The average molecular weight is 357 g/mol. The van der Waals surface area contributed by atoms with Crippen LogP contribution in [0.15, 0.2) is 24.3 Å². The number of rotatable bonds is 5. The number of aryl methyl sites for hydroxylation is 1. The first kappa shape index (κ1) is 18.9. The zero-order chi connectivity index (χ0) is 18.7. The minimum Gasteiger partial charge on any atom is -0.353 e. The van der Waals surface area contributed by atoms with Gasteiger partial charge < -0.3 is 10.2 Å². The number of hydrogen-bond acceptors (Lipinski definition) is 2. The molecule has 4 heteroatoms. The molecule has 2 aliphatic rings. The number of nitrogens with one attached hydrogen (secondary N) is 1. The predicted octanol–water partition coefficient (Wildman–Crippen LogP) is 3.33. The van der Waals surface area contributed by atoms with Crippen LogP contribution in [0.3, 0.4) is 0 Å². The Labute approximate surface area is 157 Å². The number of carbonyl (C=O) groups is 2. The molecule has 2 amide bonds. The van der Waals surface area contributed by atoms with Crippen LogP contribution in [0.25, 0.3) is 0 Å². The van der Waals surface area contributed by atoms with Gasteiger partial charge in [0.25, 0.3) is 0 Å². The maximum atomic E-state index is 12.7. The fraction of sp³-hybridized carbons (Fsp3) is 0.636. The molecule has 1 aromatic carbocycles. The van der Waals surface area contributed by atoms with Crippen LogP contribution in [-0.2, 0) is 16.0 Å². The van der Waals surface area contributed by atoms with E-state index < -0.39 is 0 Å². The Morgan fingerprint density at radius 1 is 1.19 bits per heavy atom. The maximum absolute atomic E-state index is 12.7.